The van der Waals surface area contributed by atoms with Crippen LogP contribution in [-0.4, -0.2) is 46.9 Å². The standard InChI is InChI=1S/C24H28FN5O4/c1-4-6-19(30-11-9-29(10-12-30)18-8-7-15(3)13-17(18)25)28-34-24-26-22(32)21-16(5-2)14-20(31)33-23(21)27-24/h7-8,13-14H,4-6,9-12H2,1-3H3,(H,26,27,32)/b28-19-. The van der Waals surface area contributed by atoms with Crippen molar-refractivity contribution >= 4 is 22.6 Å². The van der Waals surface area contributed by atoms with Gasteiger partial charge in [-0.25, -0.2) is 9.18 Å². The van der Waals surface area contributed by atoms with Crippen LogP contribution in [0.4, 0.5) is 10.1 Å². The molecule has 180 valence electrons. The van der Waals surface area contributed by atoms with Crippen molar-refractivity contribution in [2.45, 2.75) is 40.0 Å². The minimum absolute atomic E-state index is 0.0796. The van der Waals surface area contributed by atoms with E-state index < -0.39 is 11.2 Å². The molecular formula is C24H28FN5O4. The van der Waals surface area contributed by atoms with Gasteiger partial charge in [-0.2, -0.15) is 4.98 Å². The van der Waals surface area contributed by atoms with Crippen LogP contribution in [0.15, 0.2) is 43.4 Å². The molecule has 0 amide bonds. The Bertz CT molecular complexity index is 1330. The lowest BCUT2D eigenvalue weighted by Gasteiger charge is -2.37. The normalized spacial score (nSPS) is 14.6. The fourth-order valence-electron chi connectivity index (χ4n) is 4.11. The van der Waals surface area contributed by atoms with E-state index in [1.54, 1.807) is 6.07 Å². The summed E-state index contributed by atoms with van der Waals surface area (Å²) < 4.78 is 19.5. The molecule has 3 aromatic rings. The van der Waals surface area contributed by atoms with Gasteiger partial charge in [0.25, 0.3) is 5.56 Å². The summed E-state index contributed by atoms with van der Waals surface area (Å²) in [5.41, 5.74) is 0.933. The molecule has 0 aliphatic carbocycles. The lowest BCUT2D eigenvalue weighted by molar-refractivity contribution is 0.288. The molecule has 34 heavy (non-hydrogen) atoms. The van der Waals surface area contributed by atoms with Crippen molar-refractivity contribution in [3.63, 3.8) is 0 Å². The highest BCUT2D eigenvalue weighted by molar-refractivity contribution is 5.82. The topological polar surface area (TPSA) is 104 Å². The average Bonchev–Trinajstić information content (AvgIpc) is 2.81. The first-order chi connectivity index (χ1) is 16.4. The van der Waals surface area contributed by atoms with Crippen LogP contribution in [0.25, 0.3) is 11.1 Å². The first-order valence-corrected chi connectivity index (χ1v) is 11.5. The molecule has 1 saturated heterocycles. The number of aryl methyl sites for hydroxylation is 2. The highest BCUT2D eigenvalue weighted by atomic mass is 19.1. The van der Waals surface area contributed by atoms with E-state index in [2.05, 4.69) is 20.0 Å². The Balaban J connectivity index is 1.51. The smallest absolute Gasteiger partial charge is 0.337 e. The lowest BCUT2D eigenvalue weighted by atomic mass is 10.1. The third kappa shape index (κ3) is 4.95. The van der Waals surface area contributed by atoms with Gasteiger partial charge in [0.1, 0.15) is 17.0 Å². The van der Waals surface area contributed by atoms with Crippen molar-refractivity contribution in [2.75, 3.05) is 31.1 Å². The summed E-state index contributed by atoms with van der Waals surface area (Å²) in [7, 11) is 0. The molecule has 9 nitrogen and oxygen atoms in total. The molecule has 0 atom stereocenters. The molecule has 0 saturated carbocycles. The summed E-state index contributed by atoms with van der Waals surface area (Å²) in [6.45, 7) is 8.30. The summed E-state index contributed by atoms with van der Waals surface area (Å²) in [4.78, 5) is 40.6. The highest BCUT2D eigenvalue weighted by Gasteiger charge is 2.22. The zero-order valence-corrected chi connectivity index (χ0v) is 19.6. The molecule has 10 heteroatoms. The van der Waals surface area contributed by atoms with Crippen LogP contribution < -0.4 is 20.9 Å². The molecule has 0 spiro atoms. The average molecular weight is 470 g/mol. The molecule has 1 aliphatic rings. The summed E-state index contributed by atoms with van der Waals surface area (Å²) in [5.74, 6) is 0.487. The molecule has 1 aromatic carbocycles. The van der Waals surface area contributed by atoms with Gasteiger partial charge < -0.3 is 19.1 Å². The number of aromatic amines is 1. The second-order valence-electron chi connectivity index (χ2n) is 8.27. The number of anilines is 1. The summed E-state index contributed by atoms with van der Waals surface area (Å²) in [6, 6.07) is 6.41. The van der Waals surface area contributed by atoms with Gasteiger partial charge in [0, 0.05) is 38.7 Å². The van der Waals surface area contributed by atoms with Gasteiger partial charge in [0.05, 0.1) is 5.69 Å². The zero-order valence-electron chi connectivity index (χ0n) is 19.6. The number of aromatic nitrogens is 2. The predicted molar refractivity (Wildman–Crippen MR) is 128 cm³/mol. The van der Waals surface area contributed by atoms with Crippen molar-refractivity contribution in [1.82, 2.24) is 14.9 Å². The number of fused-ring (bicyclic) bond motifs is 1. The van der Waals surface area contributed by atoms with Gasteiger partial charge in [-0.1, -0.05) is 25.1 Å². The first-order valence-electron chi connectivity index (χ1n) is 11.5. The Morgan fingerprint density at radius 3 is 2.65 bits per heavy atom. The Morgan fingerprint density at radius 2 is 1.97 bits per heavy atom. The molecular weight excluding hydrogens is 441 g/mol. The van der Waals surface area contributed by atoms with E-state index in [-0.39, 0.29) is 22.9 Å². The SMILES string of the molecule is CCC/C(=N/Oc1nc2oc(=O)cc(CC)c2c(=O)[nH]1)N1CCN(c2ccc(C)cc2F)CC1. The number of nitrogens with zero attached hydrogens (tertiary/aromatic N) is 4. The van der Waals surface area contributed by atoms with E-state index in [1.165, 1.54) is 6.07 Å². The van der Waals surface area contributed by atoms with Crippen LogP contribution in [0.3, 0.4) is 0 Å². The van der Waals surface area contributed by atoms with Gasteiger partial charge in [-0.15, -0.1) is 0 Å². The molecule has 3 heterocycles. The van der Waals surface area contributed by atoms with Gasteiger partial charge in [-0.3, -0.25) is 9.78 Å². The molecule has 0 bridgehead atoms. The fourth-order valence-corrected chi connectivity index (χ4v) is 4.11. The first kappa shape index (κ1) is 23.5. The summed E-state index contributed by atoms with van der Waals surface area (Å²) >= 11 is 0. The Hall–Kier alpha value is -3.69. The maximum atomic E-state index is 14.4. The van der Waals surface area contributed by atoms with Gasteiger partial charge in [-0.05, 0) is 43.0 Å². The highest BCUT2D eigenvalue weighted by Crippen LogP contribution is 2.22. The van der Waals surface area contributed by atoms with E-state index in [0.29, 0.717) is 56.1 Å². The predicted octanol–water partition coefficient (Wildman–Crippen LogP) is 3.20. The minimum atomic E-state index is -0.577. The molecule has 1 N–H and O–H groups in total. The number of benzene rings is 1. The van der Waals surface area contributed by atoms with Crippen molar-refractivity contribution < 1.29 is 13.6 Å². The Kier molecular flexibility index (Phi) is 6.95. The van der Waals surface area contributed by atoms with E-state index in [0.717, 1.165) is 12.0 Å². The van der Waals surface area contributed by atoms with E-state index in [4.69, 9.17) is 9.25 Å². The Morgan fingerprint density at radius 1 is 1.21 bits per heavy atom. The number of hydrogen-bond acceptors (Lipinski definition) is 7. The molecule has 2 aromatic heterocycles. The van der Waals surface area contributed by atoms with E-state index in [9.17, 15) is 14.0 Å². The van der Waals surface area contributed by atoms with Crippen LogP contribution in [0, 0.1) is 12.7 Å². The largest absolute Gasteiger partial charge is 0.403 e. The van der Waals surface area contributed by atoms with Crippen LogP contribution in [0.5, 0.6) is 6.01 Å². The maximum Gasteiger partial charge on any atom is 0.337 e. The Labute approximate surface area is 195 Å². The third-order valence-corrected chi connectivity index (χ3v) is 5.86. The van der Waals surface area contributed by atoms with Crippen LogP contribution in [-0.2, 0) is 6.42 Å². The number of halogens is 1. The molecule has 1 fully saturated rings. The quantitative estimate of drug-likeness (QED) is 0.336. The number of oxime groups is 1. The second-order valence-corrected chi connectivity index (χ2v) is 8.27. The molecule has 1 aliphatic heterocycles. The monoisotopic (exact) mass is 469 g/mol. The number of hydrogen-bond donors (Lipinski definition) is 1. The molecule has 0 unspecified atom stereocenters. The van der Waals surface area contributed by atoms with E-state index >= 15 is 0 Å². The van der Waals surface area contributed by atoms with Gasteiger partial charge in [0.15, 0.2) is 0 Å². The van der Waals surface area contributed by atoms with Crippen molar-refractivity contribution in [2.24, 2.45) is 5.16 Å². The van der Waals surface area contributed by atoms with Crippen LogP contribution in [0.1, 0.15) is 37.8 Å². The minimum Gasteiger partial charge on any atom is -0.403 e. The van der Waals surface area contributed by atoms with Crippen molar-refractivity contribution in [1.29, 1.82) is 0 Å². The van der Waals surface area contributed by atoms with Gasteiger partial charge in [0.2, 0.25) is 5.71 Å². The molecule has 0 radical (unpaired) electrons. The number of amidine groups is 1. The summed E-state index contributed by atoms with van der Waals surface area (Å²) in [6.07, 6.45) is 1.99. The second kappa shape index (κ2) is 10.1. The number of H-pyrrole nitrogens is 1. The number of nitrogens with one attached hydrogen (secondary N) is 1. The third-order valence-electron chi connectivity index (χ3n) is 5.86. The lowest BCUT2D eigenvalue weighted by Crippen LogP contribution is -2.49. The summed E-state index contributed by atoms with van der Waals surface area (Å²) in [5, 5.41) is 4.47. The van der Waals surface area contributed by atoms with Crippen molar-refractivity contribution in [3.8, 4) is 6.01 Å². The van der Waals surface area contributed by atoms with Crippen LogP contribution >= 0.6 is 0 Å². The van der Waals surface area contributed by atoms with E-state index in [1.807, 2.05) is 37.8 Å². The zero-order chi connectivity index (χ0) is 24.2. The number of piperazine rings is 1. The van der Waals surface area contributed by atoms with Crippen molar-refractivity contribution in [3.05, 3.63) is 62.0 Å². The maximum absolute atomic E-state index is 14.4. The molecule has 4 rings (SSSR count). The fraction of sp³-hybridized carbons (Fsp3) is 0.417. The number of rotatable bonds is 6. The van der Waals surface area contributed by atoms with Gasteiger partial charge >= 0.3 is 11.6 Å². The van der Waals surface area contributed by atoms with Crippen LogP contribution in [0.2, 0.25) is 0 Å².